The number of rotatable bonds is 4. The summed E-state index contributed by atoms with van der Waals surface area (Å²) in [5.74, 6) is 2.83. The van der Waals surface area contributed by atoms with Crippen molar-refractivity contribution >= 4 is 11.7 Å². The van der Waals surface area contributed by atoms with Gasteiger partial charge >= 0.3 is 6.03 Å². The van der Waals surface area contributed by atoms with Crippen molar-refractivity contribution in [2.45, 2.75) is 33.2 Å². The average Bonchev–Trinajstić information content (AvgIpc) is 2.93. The summed E-state index contributed by atoms with van der Waals surface area (Å²) >= 11 is 0. The number of piperidine rings is 1. The number of nitrogens with one attached hydrogen (secondary N) is 2. The molecule has 2 aliphatic heterocycles. The fraction of sp³-hybridized carbons (Fsp3) is 0.611. The Balaban J connectivity index is 1.47. The fourth-order valence-electron chi connectivity index (χ4n) is 3.74. The molecule has 2 N–H and O–H groups in total. The van der Waals surface area contributed by atoms with Gasteiger partial charge in [-0.2, -0.15) is 0 Å². The molecule has 1 saturated heterocycles. The highest BCUT2D eigenvalue weighted by molar-refractivity contribution is 5.89. The van der Waals surface area contributed by atoms with Gasteiger partial charge in [0.05, 0.1) is 0 Å². The first-order valence-electron chi connectivity index (χ1n) is 8.69. The van der Waals surface area contributed by atoms with Gasteiger partial charge in [0.1, 0.15) is 0 Å². The van der Waals surface area contributed by atoms with Gasteiger partial charge in [-0.15, -0.1) is 0 Å². The number of nitrogens with zero attached hydrogens (tertiary/aromatic N) is 1. The Morgan fingerprint density at radius 1 is 1.25 bits per heavy atom. The number of hydrogen-bond donors (Lipinski definition) is 2. The maximum atomic E-state index is 12.2. The summed E-state index contributed by atoms with van der Waals surface area (Å²) in [6, 6.07) is 5.29. The highest BCUT2D eigenvalue weighted by Crippen LogP contribution is 2.34. The molecule has 24 heavy (non-hydrogen) atoms. The van der Waals surface area contributed by atoms with Gasteiger partial charge in [0, 0.05) is 37.4 Å². The number of benzene rings is 1. The third kappa shape index (κ3) is 4.32. The Labute approximate surface area is 143 Å². The molecule has 0 aromatic heterocycles. The average molecular weight is 333 g/mol. The molecule has 3 rings (SSSR count). The van der Waals surface area contributed by atoms with Gasteiger partial charge in [-0.05, 0) is 37.3 Å². The Kier molecular flexibility index (Phi) is 5.14. The van der Waals surface area contributed by atoms with Crippen LogP contribution in [0.1, 0.15) is 27.2 Å². The van der Waals surface area contributed by atoms with E-state index in [1.807, 2.05) is 13.0 Å². The minimum Gasteiger partial charge on any atom is -0.454 e. The van der Waals surface area contributed by atoms with Crippen LogP contribution in [0.4, 0.5) is 10.5 Å². The van der Waals surface area contributed by atoms with E-state index in [4.69, 9.17) is 9.47 Å². The zero-order chi connectivity index (χ0) is 17.1. The zero-order valence-electron chi connectivity index (χ0n) is 14.7. The van der Waals surface area contributed by atoms with Crippen LogP contribution in [0.5, 0.6) is 11.5 Å². The van der Waals surface area contributed by atoms with Crippen LogP contribution >= 0.6 is 0 Å². The van der Waals surface area contributed by atoms with E-state index >= 15 is 0 Å². The van der Waals surface area contributed by atoms with Crippen LogP contribution in [0.15, 0.2) is 18.2 Å². The lowest BCUT2D eigenvalue weighted by atomic mass is 9.92. The van der Waals surface area contributed by atoms with Crippen LogP contribution in [0.2, 0.25) is 0 Å². The molecule has 2 heterocycles. The predicted octanol–water partition coefficient (Wildman–Crippen LogP) is 2.90. The normalized spacial score (nSPS) is 24.5. The molecule has 2 amide bonds. The van der Waals surface area contributed by atoms with Gasteiger partial charge in [0.2, 0.25) is 6.79 Å². The number of likely N-dealkylation sites (tertiary alicyclic amines) is 1. The topological polar surface area (TPSA) is 62.8 Å². The van der Waals surface area contributed by atoms with Crippen molar-refractivity contribution in [3.05, 3.63) is 18.2 Å². The molecule has 3 atom stereocenters. The third-order valence-electron chi connectivity index (χ3n) is 4.48. The van der Waals surface area contributed by atoms with E-state index in [9.17, 15) is 4.79 Å². The monoisotopic (exact) mass is 333 g/mol. The SMILES string of the molecule is C[C@@H]1C[C@H](C)CN(C[C@@H](C)NC(=O)Nc2ccc3c(c2)OCO3)C1. The molecule has 0 unspecified atom stereocenters. The lowest BCUT2D eigenvalue weighted by Gasteiger charge is -2.36. The summed E-state index contributed by atoms with van der Waals surface area (Å²) in [6.45, 7) is 9.97. The van der Waals surface area contributed by atoms with E-state index < -0.39 is 0 Å². The minimum atomic E-state index is -0.195. The van der Waals surface area contributed by atoms with E-state index in [1.54, 1.807) is 12.1 Å². The molecule has 0 spiro atoms. The molecule has 1 fully saturated rings. The smallest absolute Gasteiger partial charge is 0.319 e. The van der Waals surface area contributed by atoms with E-state index in [-0.39, 0.29) is 18.9 Å². The summed E-state index contributed by atoms with van der Waals surface area (Å²) < 4.78 is 10.6. The van der Waals surface area contributed by atoms with Crippen molar-refractivity contribution in [2.75, 3.05) is 31.7 Å². The second-order valence-electron chi connectivity index (χ2n) is 7.23. The van der Waals surface area contributed by atoms with Crippen molar-refractivity contribution in [3.63, 3.8) is 0 Å². The number of ether oxygens (including phenoxy) is 2. The Morgan fingerprint density at radius 3 is 2.71 bits per heavy atom. The summed E-state index contributed by atoms with van der Waals surface area (Å²) in [7, 11) is 0. The van der Waals surface area contributed by atoms with Crippen molar-refractivity contribution in [1.29, 1.82) is 0 Å². The number of amides is 2. The lowest BCUT2D eigenvalue weighted by Crippen LogP contribution is -2.47. The van der Waals surface area contributed by atoms with Gasteiger partial charge in [0.25, 0.3) is 0 Å². The Hall–Kier alpha value is -1.95. The molecule has 6 heteroatoms. The number of hydrogen-bond acceptors (Lipinski definition) is 4. The second-order valence-corrected chi connectivity index (χ2v) is 7.23. The largest absolute Gasteiger partial charge is 0.454 e. The number of carbonyl (C=O) groups excluding carboxylic acids is 1. The molecule has 132 valence electrons. The van der Waals surface area contributed by atoms with Crippen molar-refractivity contribution in [3.8, 4) is 11.5 Å². The quantitative estimate of drug-likeness (QED) is 0.889. The molecular formula is C18H27N3O3. The third-order valence-corrected chi connectivity index (χ3v) is 4.48. The summed E-state index contributed by atoms with van der Waals surface area (Å²) in [4.78, 5) is 14.6. The Morgan fingerprint density at radius 2 is 1.96 bits per heavy atom. The highest BCUT2D eigenvalue weighted by atomic mass is 16.7. The van der Waals surface area contributed by atoms with E-state index in [0.29, 0.717) is 17.2 Å². The molecule has 0 radical (unpaired) electrons. The van der Waals surface area contributed by atoms with Crippen LogP contribution in [0.3, 0.4) is 0 Å². The van der Waals surface area contributed by atoms with Gasteiger partial charge in [-0.1, -0.05) is 13.8 Å². The van der Waals surface area contributed by atoms with Crippen LogP contribution in [-0.2, 0) is 0 Å². The first-order valence-corrected chi connectivity index (χ1v) is 8.69. The van der Waals surface area contributed by atoms with Crippen molar-refractivity contribution in [1.82, 2.24) is 10.2 Å². The van der Waals surface area contributed by atoms with Crippen LogP contribution in [0, 0.1) is 11.8 Å². The van der Waals surface area contributed by atoms with E-state index in [1.165, 1.54) is 6.42 Å². The number of fused-ring (bicyclic) bond motifs is 1. The first kappa shape index (κ1) is 16.9. The van der Waals surface area contributed by atoms with Gasteiger partial charge in [0.15, 0.2) is 11.5 Å². The maximum absolute atomic E-state index is 12.2. The molecule has 2 aliphatic rings. The first-order chi connectivity index (χ1) is 11.5. The van der Waals surface area contributed by atoms with Crippen LogP contribution in [0.25, 0.3) is 0 Å². The summed E-state index contributed by atoms with van der Waals surface area (Å²) in [6.07, 6.45) is 1.29. The van der Waals surface area contributed by atoms with Gasteiger partial charge in [-0.3, -0.25) is 0 Å². The highest BCUT2D eigenvalue weighted by Gasteiger charge is 2.23. The molecule has 1 aromatic rings. The number of anilines is 1. The standard InChI is InChI=1S/C18H27N3O3/c1-12-6-13(2)9-21(8-12)10-14(3)19-18(22)20-15-4-5-16-17(7-15)24-11-23-16/h4-5,7,12-14H,6,8-11H2,1-3H3,(H2,19,20,22)/t12-,13+,14-/m1/s1. The fourth-order valence-corrected chi connectivity index (χ4v) is 3.74. The van der Waals surface area contributed by atoms with Crippen LogP contribution < -0.4 is 20.1 Å². The van der Waals surface area contributed by atoms with Crippen LogP contribution in [-0.4, -0.2) is 43.4 Å². The van der Waals surface area contributed by atoms with Crippen molar-refractivity contribution in [2.24, 2.45) is 11.8 Å². The molecule has 6 nitrogen and oxygen atoms in total. The Bertz CT molecular complexity index is 583. The maximum Gasteiger partial charge on any atom is 0.319 e. The molecule has 0 bridgehead atoms. The second kappa shape index (κ2) is 7.30. The zero-order valence-corrected chi connectivity index (χ0v) is 14.7. The van der Waals surface area contributed by atoms with Gasteiger partial charge in [-0.25, -0.2) is 4.79 Å². The number of urea groups is 1. The summed E-state index contributed by atoms with van der Waals surface area (Å²) in [5.41, 5.74) is 0.698. The van der Waals surface area contributed by atoms with E-state index in [0.717, 1.165) is 31.5 Å². The molecule has 1 aromatic carbocycles. The molecule has 0 saturated carbocycles. The predicted molar refractivity (Wildman–Crippen MR) is 93.6 cm³/mol. The molecule has 0 aliphatic carbocycles. The summed E-state index contributed by atoms with van der Waals surface area (Å²) in [5, 5.41) is 5.86. The van der Waals surface area contributed by atoms with Gasteiger partial charge < -0.3 is 25.0 Å². The number of carbonyl (C=O) groups is 1. The molecular weight excluding hydrogens is 306 g/mol. The van der Waals surface area contributed by atoms with E-state index in [2.05, 4.69) is 29.4 Å². The van der Waals surface area contributed by atoms with Crippen molar-refractivity contribution < 1.29 is 14.3 Å². The lowest BCUT2D eigenvalue weighted by molar-refractivity contribution is 0.132. The minimum absolute atomic E-state index is 0.0940.